The largest absolute Gasteiger partial charge is 0.497 e. The van der Waals surface area contributed by atoms with Gasteiger partial charge in [-0.1, -0.05) is 12.1 Å². The van der Waals surface area contributed by atoms with E-state index in [0.29, 0.717) is 29.3 Å². The molecule has 4 aromatic rings. The SMILES string of the molecule is COc1ccc(CNC(=O)Cn2ccn3nc(-c4ccc(OC)c(OC)c4)cc3c2=O)cc1. The zero-order valence-corrected chi connectivity index (χ0v) is 18.6. The van der Waals surface area contributed by atoms with Crippen LogP contribution in [0.4, 0.5) is 0 Å². The lowest BCUT2D eigenvalue weighted by atomic mass is 10.1. The summed E-state index contributed by atoms with van der Waals surface area (Å²) in [6.45, 7) is 0.262. The predicted molar refractivity (Wildman–Crippen MR) is 123 cm³/mol. The third-order valence-corrected chi connectivity index (χ3v) is 5.25. The molecule has 9 heteroatoms. The number of methoxy groups -OCH3 is 3. The minimum atomic E-state index is -0.309. The fourth-order valence-electron chi connectivity index (χ4n) is 3.44. The molecule has 9 nitrogen and oxygen atoms in total. The first-order valence-corrected chi connectivity index (χ1v) is 10.2. The Bertz CT molecular complexity index is 1340. The number of benzene rings is 2. The highest BCUT2D eigenvalue weighted by molar-refractivity contribution is 5.76. The molecule has 0 radical (unpaired) electrons. The van der Waals surface area contributed by atoms with Crippen LogP contribution in [-0.2, 0) is 17.9 Å². The molecule has 0 unspecified atom stereocenters. The van der Waals surface area contributed by atoms with E-state index in [4.69, 9.17) is 14.2 Å². The Morgan fingerprint density at radius 2 is 1.70 bits per heavy atom. The molecule has 0 saturated heterocycles. The van der Waals surface area contributed by atoms with Gasteiger partial charge in [0.15, 0.2) is 11.5 Å². The normalized spacial score (nSPS) is 10.8. The number of hydrogen-bond acceptors (Lipinski definition) is 6. The average Bonchev–Trinajstić information content (AvgIpc) is 3.29. The van der Waals surface area contributed by atoms with Crippen LogP contribution in [0.5, 0.6) is 17.2 Å². The fourth-order valence-corrected chi connectivity index (χ4v) is 3.44. The molecule has 2 aromatic carbocycles. The summed E-state index contributed by atoms with van der Waals surface area (Å²) < 4.78 is 18.6. The Kier molecular flexibility index (Phi) is 6.30. The maximum atomic E-state index is 12.9. The molecule has 33 heavy (non-hydrogen) atoms. The lowest BCUT2D eigenvalue weighted by molar-refractivity contribution is -0.121. The van der Waals surface area contributed by atoms with E-state index in [9.17, 15) is 9.59 Å². The molecule has 4 rings (SSSR count). The number of fused-ring (bicyclic) bond motifs is 1. The first-order valence-electron chi connectivity index (χ1n) is 10.2. The number of nitrogens with one attached hydrogen (secondary N) is 1. The van der Waals surface area contributed by atoms with Gasteiger partial charge in [0.05, 0.1) is 27.0 Å². The number of nitrogens with zero attached hydrogens (tertiary/aromatic N) is 3. The van der Waals surface area contributed by atoms with E-state index in [0.717, 1.165) is 16.9 Å². The molecule has 0 atom stereocenters. The van der Waals surface area contributed by atoms with Gasteiger partial charge in [-0.15, -0.1) is 0 Å². The van der Waals surface area contributed by atoms with Crippen LogP contribution in [0.2, 0.25) is 0 Å². The van der Waals surface area contributed by atoms with Crippen LogP contribution in [0, 0.1) is 0 Å². The van der Waals surface area contributed by atoms with E-state index in [1.54, 1.807) is 51.9 Å². The number of ether oxygens (including phenoxy) is 3. The predicted octanol–water partition coefficient (Wildman–Crippen LogP) is 2.51. The van der Waals surface area contributed by atoms with Crippen LogP contribution in [0.3, 0.4) is 0 Å². The minimum Gasteiger partial charge on any atom is -0.497 e. The van der Waals surface area contributed by atoms with Gasteiger partial charge in [0, 0.05) is 24.5 Å². The van der Waals surface area contributed by atoms with Gasteiger partial charge in [0.25, 0.3) is 5.56 Å². The number of hydrogen-bond donors (Lipinski definition) is 1. The van der Waals surface area contributed by atoms with Crippen molar-refractivity contribution in [2.45, 2.75) is 13.1 Å². The number of amides is 1. The van der Waals surface area contributed by atoms with Gasteiger partial charge >= 0.3 is 0 Å². The Labute approximate surface area is 190 Å². The van der Waals surface area contributed by atoms with Crippen molar-refractivity contribution in [2.75, 3.05) is 21.3 Å². The molecule has 0 aliphatic heterocycles. The molecule has 0 bridgehead atoms. The van der Waals surface area contributed by atoms with Crippen LogP contribution in [0.15, 0.2) is 65.7 Å². The van der Waals surface area contributed by atoms with Gasteiger partial charge in [0.2, 0.25) is 5.91 Å². The molecule has 2 heterocycles. The van der Waals surface area contributed by atoms with Crippen molar-refractivity contribution in [3.8, 4) is 28.5 Å². The lowest BCUT2D eigenvalue weighted by Gasteiger charge is -2.08. The summed E-state index contributed by atoms with van der Waals surface area (Å²) in [7, 11) is 4.73. The molecular weight excluding hydrogens is 424 g/mol. The van der Waals surface area contributed by atoms with Gasteiger partial charge < -0.3 is 24.1 Å². The molecule has 0 aliphatic carbocycles. The Morgan fingerprint density at radius 3 is 2.39 bits per heavy atom. The summed E-state index contributed by atoms with van der Waals surface area (Å²) >= 11 is 0. The quantitative estimate of drug-likeness (QED) is 0.445. The lowest BCUT2D eigenvalue weighted by Crippen LogP contribution is -2.32. The van der Waals surface area contributed by atoms with Crippen molar-refractivity contribution in [3.63, 3.8) is 0 Å². The number of carbonyl (C=O) groups is 1. The molecule has 170 valence electrons. The first kappa shape index (κ1) is 21.9. The second kappa shape index (κ2) is 9.47. The van der Waals surface area contributed by atoms with Crippen molar-refractivity contribution in [1.82, 2.24) is 19.5 Å². The van der Waals surface area contributed by atoms with E-state index in [2.05, 4.69) is 10.4 Å². The highest BCUT2D eigenvalue weighted by atomic mass is 16.5. The highest BCUT2D eigenvalue weighted by Gasteiger charge is 2.13. The fraction of sp³-hybridized carbons (Fsp3) is 0.208. The van der Waals surface area contributed by atoms with Crippen molar-refractivity contribution in [2.24, 2.45) is 0 Å². The maximum Gasteiger partial charge on any atom is 0.277 e. The molecule has 1 amide bonds. The van der Waals surface area contributed by atoms with Gasteiger partial charge in [-0.25, -0.2) is 4.52 Å². The van der Waals surface area contributed by atoms with E-state index in [1.165, 1.54) is 9.08 Å². The topological polar surface area (TPSA) is 96.1 Å². The second-order valence-corrected chi connectivity index (χ2v) is 7.29. The van der Waals surface area contributed by atoms with Crippen molar-refractivity contribution in [1.29, 1.82) is 0 Å². The summed E-state index contributed by atoms with van der Waals surface area (Å²) in [6.07, 6.45) is 3.20. The molecule has 0 fully saturated rings. The summed E-state index contributed by atoms with van der Waals surface area (Å²) in [5.41, 5.74) is 2.37. The van der Waals surface area contributed by atoms with Crippen molar-refractivity contribution < 1.29 is 19.0 Å². The molecule has 0 spiro atoms. The number of carbonyl (C=O) groups excluding carboxylic acids is 1. The van der Waals surface area contributed by atoms with Crippen LogP contribution in [0.25, 0.3) is 16.8 Å². The second-order valence-electron chi connectivity index (χ2n) is 7.29. The maximum absolute atomic E-state index is 12.9. The van der Waals surface area contributed by atoms with E-state index in [1.807, 2.05) is 30.3 Å². The van der Waals surface area contributed by atoms with E-state index >= 15 is 0 Å². The minimum absolute atomic E-state index is 0.0949. The van der Waals surface area contributed by atoms with Gasteiger partial charge in [0.1, 0.15) is 17.8 Å². The zero-order chi connectivity index (χ0) is 23.4. The van der Waals surface area contributed by atoms with Crippen molar-refractivity contribution >= 4 is 11.4 Å². The number of aromatic nitrogens is 3. The standard InChI is InChI=1S/C24H24N4O5/c1-31-18-7-4-16(5-8-18)14-25-23(29)15-27-10-11-28-20(24(27)30)13-19(26-28)17-6-9-21(32-2)22(12-17)33-3/h4-13H,14-15H2,1-3H3,(H,25,29). The van der Waals surface area contributed by atoms with Crippen LogP contribution in [0.1, 0.15) is 5.56 Å². The third-order valence-electron chi connectivity index (χ3n) is 5.25. The molecule has 0 aliphatic rings. The average molecular weight is 448 g/mol. The summed E-state index contributed by atoms with van der Waals surface area (Å²) in [4.78, 5) is 25.4. The highest BCUT2D eigenvalue weighted by Crippen LogP contribution is 2.31. The Hall–Kier alpha value is -4.27. The Morgan fingerprint density at radius 1 is 0.939 bits per heavy atom. The van der Waals surface area contributed by atoms with Crippen LogP contribution >= 0.6 is 0 Å². The van der Waals surface area contributed by atoms with Crippen LogP contribution in [-0.4, -0.2) is 41.4 Å². The summed E-state index contributed by atoms with van der Waals surface area (Å²) in [5, 5.41) is 7.31. The molecular formula is C24H24N4O5. The molecule has 2 aromatic heterocycles. The zero-order valence-electron chi connectivity index (χ0n) is 18.6. The van der Waals surface area contributed by atoms with Crippen molar-refractivity contribution in [3.05, 3.63) is 76.8 Å². The monoisotopic (exact) mass is 448 g/mol. The third kappa shape index (κ3) is 4.67. The first-order chi connectivity index (χ1) is 16.0. The smallest absolute Gasteiger partial charge is 0.277 e. The van der Waals surface area contributed by atoms with Gasteiger partial charge in [-0.05, 0) is 42.0 Å². The molecule has 0 saturated carbocycles. The summed E-state index contributed by atoms with van der Waals surface area (Å²) in [6, 6.07) is 14.5. The van der Waals surface area contributed by atoms with E-state index in [-0.39, 0.29) is 18.0 Å². The van der Waals surface area contributed by atoms with E-state index < -0.39 is 0 Å². The number of rotatable bonds is 8. The van der Waals surface area contributed by atoms with Gasteiger partial charge in [-0.3, -0.25) is 9.59 Å². The molecule has 1 N–H and O–H groups in total. The van der Waals surface area contributed by atoms with Gasteiger partial charge in [-0.2, -0.15) is 5.10 Å². The van der Waals surface area contributed by atoms with Crippen LogP contribution < -0.4 is 25.1 Å². The Balaban J connectivity index is 1.51. The summed E-state index contributed by atoms with van der Waals surface area (Å²) in [5.74, 6) is 1.65.